The predicted molar refractivity (Wildman–Crippen MR) is 52.6 cm³/mol. The first kappa shape index (κ1) is 9.17. The lowest BCUT2D eigenvalue weighted by molar-refractivity contribution is 0.870. The summed E-state index contributed by atoms with van der Waals surface area (Å²) in [5.74, 6) is 0. The van der Waals surface area contributed by atoms with Gasteiger partial charge in [0.05, 0.1) is 5.69 Å². The number of rotatable bonds is 3. The Bertz CT molecular complexity index is 400. The fourth-order valence-electron chi connectivity index (χ4n) is 0.932. The van der Waals surface area contributed by atoms with E-state index in [-0.39, 0.29) is 0 Å². The van der Waals surface area contributed by atoms with Crippen LogP contribution in [0.4, 0.5) is 0 Å². The molecule has 0 aromatic carbocycles. The molecule has 6 heteroatoms. The van der Waals surface area contributed by atoms with Crippen LogP contribution in [-0.4, -0.2) is 19.9 Å². The molecule has 2 rings (SSSR count). The van der Waals surface area contributed by atoms with E-state index in [1.165, 1.54) is 11.8 Å². The number of H-pyrrole nitrogens is 1. The second-order valence-corrected chi connectivity index (χ2v) is 3.49. The molecule has 0 spiro atoms. The van der Waals surface area contributed by atoms with E-state index in [2.05, 4.69) is 19.9 Å². The van der Waals surface area contributed by atoms with E-state index >= 15 is 0 Å². The summed E-state index contributed by atoms with van der Waals surface area (Å²) in [5, 5.41) is 1.43. The molecule has 0 saturated carbocycles. The number of hydrogen-bond donors (Lipinski definition) is 2. The van der Waals surface area contributed by atoms with Gasteiger partial charge in [-0.3, -0.25) is 0 Å². The van der Waals surface area contributed by atoms with Gasteiger partial charge in [-0.1, -0.05) is 0 Å². The number of hydrogen-bond acceptors (Lipinski definition) is 5. The van der Waals surface area contributed by atoms with Crippen molar-refractivity contribution in [2.45, 2.75) is 16.9 Å². The number of nitrogens with zero attached hydrogens (tertiary/aromatic N) is 3. The van der Waals surface area contributed by atoms with Gasteiger partial charge >= 0.3 is 0 Å². The molecule has 0 unspecified atom stereocenters. The highest BCUT2D eigenvalue weighted by Crippen LogP contribution is 2.19. The van der Waals surface area contributed by atoms with Crippen molar-refractivity contribution in [2.24, 2.45) is 5.73 Å². The molecular formula is C8H9N5S. The third-order valence-corrected chi connectivity index (χ3v) is 2.36. The second-order valence-electron chi connectivity index (χ2n) is 2.53. The first-order valence-electron chi connectivity index (χ1n) is 4.07. The Morgan fingerprint density at radius 1 is 1.36 bits per heavy atom. The molecular weight excluding hydrogens is 198 g/mol. The second kappa shape index (κ2) is 4.21. The number of imidazole rings is 1. The van der Waals surface area contributed by atoms with E-state index in [4.69, 9.17) is 5.73 Å². The summed E-state index contributed by atoms with van der Waals surface area (Å²) >= 11 is 1.38. The summed E-state index contributed by atoms with van der Waals surface area (Å²) < 4.78 is 0. The topological polar surface area (TPSA) is 80.5 Å². The fourth-order valence-corrected chi connectivity index (χ4v) is 1.62. The van der Waals surface area contributed by atoms with E-state index in [9.17, 15) is 0 Å². The minimum atomic E-state index is 0.425. The highest BCUT2D eigenvalue weighted by atomic mass is 32.2. The van der Waals surface area contributed by atoms with Crippen molar-refractivity contribution in [3.05, 3.63) is 30.4 Å². The van der Waals surface area contributed by atoms with Gasteiger partial charge in [0, 0.05) is 25.1 Å². The van der Waals surface area contributed by atoms with Gasteiger partial charge in [-0.15, -0.1) is 0 Å². The Balaban J connectivity index is 2.17. The quantitative estimate of drug-likeness (QED) is 0.728. The summed E-state index contributed by atoms with van der Waals surface area (Å²) in [7, 11) is 0. The van der Waals surface area contributed by atoms with Crippen LogP contribution in [-0.2, 0) is 6.54 Å². The molecule has 0 bridgehead atoms. The molecule has 2 aromatic heterocycles. The van der Waals surface area contributed by atoms with Crippen LogP contribution in [0.25, 0.3) is 0 Å². The van der Waals surface area contributed by atoms with Gasteiger partial charge in [-0.05, 0) is 17.8 Å². The Hall–Kier alpha value is -1.40. The molecule has 0 amide bonds. The third kappa shape index (κ3) is 2.09. The van der Waals surface area contributed by atoms with Crippen LogP contribution in [0.2, 0.25) is 0 Å². The van der Waals surface area contributed by atoms with E-state index in [1.807, 2.05) is 0 Å². The summed E-state index contributed by atoms with van der Waals surface area (Å²) in [5.41, 5.74) is 6.30. The molecule has 5 nitrogen and oxygen atoms in total. The normalized spacial score (nSPS) is 10.4. The molecule has 0 fully saturated rings. The minimum Gasteiger partial charge on any atom is -0.339 e. The lowest BCUT2D eigenvalue weighted by Gasteiger charge is -1.98. The largest absolute Gasteiger partial charge is 0.339 e. The molecule has 14 heavy (non-hydrogen) atoms. The van der Waals surface area contributed by atoms with Gasteiger partial charge in [-0.2, -0.15) is 0 Å². The van der Waals surface area contributed by atoms with E-state index in [0.717, 1.165) is 10.9 Å². The minimum absolute atomic E-state index is 0.425. The van der Waals surface area contributed by atoms with Gasteiger partial charge in [0.1, 0.15) is 0 Å². The molecule has 72 valence electrons. The van der Waals surface area contributed by atoms with Gasteiger partial charge in [0.25, 0.3) is 0 Å². The first-order chi connectivity index (χ1) is 6.88. The van der Waals surface area contributed by atoms with Crippen LogP contribution >= 0.6 is 11.8 Å². The van der Waals surface area contributed by atoms with Crippen LogP contribution in [0.5, 0.6) is 0 Å². The molecule has 0 atom stereocenters. The zero-order valence-electron chi connectivity index (χ0n) is 7.34. The van der Waals surface area contributed by atoms with Crippen LogP contribution in [0.1, 0.15) is 5.69 Å². The fraction of sp³-hybridized carbons (Fsp3) is 0.125. The van der Waals surface area contributed by atoms with Crippen molar-refractivity contribution < 1.29 is 0 Å². The Labute approximate surface area is 85.2 Å². The molecule has 2 heterocycles. The van der Waals surface area contributed by atoms with Gasteiger partial charge in [-0.25, -0.2) is 15.0 Å². The smallest absolute Gasteiger partial charge is 0.195 e. The highest BCUT2D eigenvalue weighted by molar-refractivity contribution is 7.99. The van der Waals surface area contributed by atoms with Crippen LogP contribution in [0.15, 0.2) is 35.0 Å². The number of nitrogens with one attached hydrogen (secondary N) is 1. The van der Waals surface area contributed by atoms with Gasteiger partial charge < -0.3 is 10.7 Å². The summed E-state index contributed by atoms with van der Waals surface area (Å²) in [6, 6.07) is 1.80. The molecule has 0 aliphatic rings. The molecule has 0 aliphatic heterocycles. The van der Waals surface area contributed by atoms with Crippen molar-refractivity contribution in [3.63, 3.8) is 0 Å². The molecule has 0 radical (unpaired) electrons. The van der Waals surface area contributed by atoms with E-state index < -0.39 is 0 Å². The maximum atomic E-state index is 5.47. The number of aromatic amines is 1. The average molecular weight is 207 g/mol. The Morgan fingerprint density at radius 2 is 2.29 bits per heavy atom. The zero-order chi connectivity index (χ0) is 9.80. The monoisotopic (exact) mass is 207 g/mol. The van der Waals surface area contributed by atoms with Crippen LogP contribution < -0.4 is 5.73 Å². The molecule has 2 aromatic rings. The van der Waals surface area contributed by atoms with Crippen LogP contribution in [0.3, 0.4) is 0 Å². The standard InChI is InChI=1S/C8H9N5S/c9-5-6-1-2-10-8(13-6)14-7-11-3-4-12-7/h1-4H,5,9H2,(H,11,12). The highest BCUT2D eigenvalue weighted by Gasteiger charge is 2.02. The SMILES string of the molecule is NCc1ccnc(Sc2ncc[nH]2)n1. The lowest BCUT2D eigenvalue weighted by atomic mass is 10.4. The Kier molecular flexibility index (Phi) is 2.76. The summed E-state index contributed by atoms with van der Waals surface area (Å²) in [6.45, 7) is 0.425. The van der Waals surface area contributed by atoms with E-state index in [1.54, 1.807) is 24.7 Å². The van der Waals surface area contributed by atoms with Crippen LogP contribution in [0, 0.1) is 0 Å². The van der Waals surface area contributed by atoms with Gasteiger partial charge in [0.2, 0.25) is 0 Å². The lowest BCUT2D eigenvalue weighted by Crippen LogP contribution is -2.00. The number of nitrogens with two attached hydrogens (primary N) is 1. The van der Waals surface area contributed by atoms with Crippen molar-refractivity contribution in [3.8, 4) is 0 Å². The van der Waals surface area contributed by atoms with Crippen molar-refractivity contribution in [1.82, 2.24) is 19.9 Å². The van der Waals surface area contributed by atoms with Crippen molar-refractivity contribution in [1.29, 1.82) is 0 Å². The zero-order valence-corrected chi connectivity index (χ0v) is 8.16. The number of aromatic nitrogens is 4. The van der Waals surface area contributed by atoms with Crippen molar-refractivity contribution in [2.75, 3.05) is 0 Å². The molecule has 0 saturated heterocycles. The van der Waals surface area contributed by atoms with Gasteiger partial charge in [0.15, 0.2) is 10.3 Å². The average Bonchev–Trinajstić information content (AvgIpc) is 2.71. The maximum Gasteiger partial charge on any atom is 0.195 e. The predicted octanol–water partition coefficient (Wildman–Crippen LogP) is 0.810. The third-order valence-electron chi connectivity index (χ3n) is 1.56. The first-order valence-corrected chi connectivity index (χ1v) is 4.89. The summed E-state index contributed by atoms with van der Waals surface area (Å²) in [4.78, 5) is 15.4. The maximum absolute atomic E-state index is 5.47. The summed E-state index contributed by atoms with van der Waals surface area (Å²) in [6.07, 6.45) is 5.14. The van der Waals surface area contributed by atoms with E-state index in [0.29, 0.717) is 11.7 Å². The van der Waals surface area contributed by atoms with Crippen molar-refractivity contribution >= 4 is 11.8 Å². The molecule has 0 aliphatic carbocycles. The Morgan fingerprint density at radius 3 is 3.00 bits per heavy atom. The molecule has 3 N–H and O–H groups in total.